The van der Waals surface area contributed by atoms with Gasteiger partial charge in [-0.15, -0.1) is 0 Å². The number of carbonyl (C=O) groups is 2. The maximum Gasteiger partial charge on any atom is 0.243 e. The number of benzene rings is 2. The van der Waals surface area contributed by atoms with E-state index in [0.717, 1.165) is 17.1 Å². The van der Waals surface area contributed by atoms with Gasteiger partial charge in [-0.2, -0.15) is 4.31 Å². The number of hydrogen-bond acceptors (Lipinski definition) is 5. The first kappa shape index (κ1) is 24.8. The van der Waals surface area contributed by atoms with Gasteiger partial charge in [0.2, 0.25) is 15.9 Å². The summed E-state index contributed by atoms with van der Waals surface area (Å²) in [5.74, 6) is -0.182. The van der Waals surface area contributed by atoms with Gasteiger partial charge in [0.05, 0.1) is 11.4 Å². The van der Waals surface area contributed by atoms with Gasteiger partial charge in [-0.1, -0.05) is 18.2 Å². The van der Waals surface area contributed by atoms with E-state index in [0.29, 0.717) is 37.4 Å². The maximum absolute atomic E-state index is 13.1. The van der Waals surface area contributed by atoms with E-state index in [4.69, 9.17) is 0 Å². The molecule has 0 saturated carbocycles. The molecule has 1 amide bonds. The highest BCUT2D eigenvalue weighted by molar-refractivity contribution is 7.89. The molecular formula is C26H30N4O4S. The standard InChI is InChI=1S/C26H30N4O4S/c1-19-17-25(20(2)30(19)23-7-5-4-6-8-23)26(32)18-28-13-15-29(16-14-28)35(33,34)24-11-9-22(10-12-24)27-21(3)31/h4-12,17H,13-16,18H2,1-3H3,(H,27,31). The number of piperazine rings is 1. The molecule has 35 heavy (non-hydrogen) atoms. The fourth-order valence-corrected chi connectivity index (χ4v) is 5.92. The molecule has 4 rings (SSSR count). The van der Waals surface area contributed by atoms with Crippen LogP contribution in [0.3, 0.4) is 0 Å². The van der Waals surface area contributed by atoms with Gasteiger partial charge in [0.25, 0.3) is 0 Å². The first-order valence-corrected chi connectivity index (χ1v) is 13.0. The Morgan fingerprint density at radius 2 is 1.54 bits per heavy atom. The number of amides is 1. The van der Waals surface area contributed by atoms with Crippen molar-refractivity contribution in [1.82, 2.24) is 13.8 Å². The van der Waals surface area contributed by atoms with Gasteiger partial charge in [0.15, 0.2) is 5.78 Å². The first-order valence-electron chi connectivity index (χ1n) is 11.5. The van der Waals surface area contributed by atoms with Crippen molar-refractivity contribution >= 4 is 27.4 Å². The molecule has 0 radical (unpaired) electrons. The van der Waals surface area contributed by atoms with Crippen molar-refractivity contribution in [3.63, 3.8) is 0 Å². The number of anilines is 1. The van der Waals surface area contributed by atoms with Gasteiger partial charge in [0.1, 0.15) is 0 Å². The van der Waals surface area contributed by atoms with Crippen molar-refractivity contribution in [2.45, 2.75) is 25.7 Å². The zero-order valence-corrected chi connectivity index (χ0v) is 21.0. The Kier molecular flexibility index (Phi) is 7.20. The minimum Gasteiger partial charge on any atom is -0.326 e. The minimum atomic E-state index is -3.65. The number of nitrogens with one attached hydrogen (secondary N) is 1. The highest BCUT2D eigenvalue weighted by atomic mass is 32.2. The summed E-state index contributed by atoms with van der Waals surface area (Å²) >= 11 is 0. The average molecular weight is 495 g/mol. The minimum absolute atomic E-state index is 0.0325. The molecule has 0 bridgehead atoms. The molecule has 0 aliphatic carbocycles. The molecule has 1 aliphatic heterocycles. The quantitative estimate of drug-likeness (QED) is 0.509. The van der Waals surface area contributed by atoms with Crippen molar-refractivity contribution in [1.29, 1.82) is 0 Å². The summed E-state index contributed by atoms with van der Waals surface area (Å²) in [5, 5.41) is 2.63. The molecule has 3 aromatic rings. The molecule has 1 fully saturated rings. The van der Waals surface area contributed by atoms with E-state index in [-0.39, 0.29) is 23.1 Å². The molecule has 0 atom stereocenters. The van der Waals surface area contributed by atoms with Crippen LogP contribution in [0.15, 0.2) is 65.6 Å². The van der Waals surface area contributed by atoms with Gasteiger partial charge in [0, 0.05) is 61.4 Å². The smallest absolute Gasteiger partial charge is 0.243 e. The van der Waals surface area contributed by atoms with E-state index in [1.54, 1.807) is 12.1 Å². The molecule has 2 aromatic carbocycles. The van der Waals surface area contributed by atoms with Gasteiger partial charge in [-0.25, -0.2) is 8.42 Å². The van der Waals surface area contributed by atoms with Crippen molar-refractivity contribution in [2.75, 3.05) is 38.0 Å². The van der Waals surface area contributed by atoms with Crippen LogP contribution in [-0.4, -0.2) is 66.6 Å². The monoisotopic (exact) mass is 494 g/mol. The van der Waals surface area contributed by atoms with Crippen LogP contribution in [0.1, 0.15) is 28.7 Å². The Morgan fingerprint density at radius 1 is 0.914 bits per heavy atom. The van der Waals surface area contributed by atoms with E-state index < -0.39 is 10.0 Å². The van der Waals surface area contributed by atoms with Crippen LogP contribution in [0.5, 0.6) is 0 Å². The molecule has 0 unspecified atom stereocenters. The van der Waals surface area contributed by atoms with Crippen LogP contribution in [0.2, 0.25) is 0 Å². The Labute approximate surface area is 206 Å². The number of hydrogen-bond donors (Lipinski definition) is 1. The zero-order valence-electron chi connectivity index (χ0n) is 20.2. The van der Waals surface area contributed by atoms with E-state index in [1.807, 2.05) is 55.1 Å². The number of aryl methyl sites for hydroxylation is 1. The average Bonchev–Trinajstić information content (AvgIpc) is 3.14. The number of Topliss-reactive ketones (excluding diaryl/α,β-unsaturated/α-hetero) is 1. The molecule has 1 aromatic heterocycles. The number of carbonyl (C=O) groups excluding carboxylic acids is 2. The number of aromatic nitrogens is 1. The second kappa shape index (κ2) is 10.2. The summed E-state index contributed by atoms with van der Waals surface area (Å²) in [7, 11) is -3.65. The predicted octanol–water partition coefficient (Wildman–Crippen LogP) is 3.24. The summed E-state index contributed by atoms with van der Waals surface area (Å²) in [6.07, 6.45) is 0. The number of nitrogens with zero attached hydrogens (tertiary/aromatic N) is 3. The predicted molar refractivity (Wildman–Crippen MR) is 136 cm³/mol. The molecular weight excluding hydrogens is 464 g/mol. The highest BCUT2D eigenvalue weighted by Gasteiger charge is 2.29. The second-order valence-corrected chi connectivity index (χ2v) is 10.7. The highest BCUT2D eigenvalue weighted by Crippen LogP contribution is 2.23. The van der Waals surface area contributed by atoms with Gasteiger partial charge >= 0.3 is 0 Å². The lowest BCUT2D eigenvalue weighted by Crippen LogP contribution is -2.49. The largest absolute Gasteiger partial charge is 0.326 e. The Hall–Kier alpha value is -3.27. The molecule has 9 heteroatoms. The van der Waals surface area contributed by atoms with E-state index in [2.05, 4.69) is 9.88 Å². The van der Waals surface area contributed by atoms with Gasteiger partial charge in [-0.05, 0) is 56.3 Å². The molecule has 1 N–H and O–H groups in total. The lowest BCUT2D eigenvalue weighted by Gasteiger charge is -2.33. The fourth-order valence-electron chi connectivity index (χ4n) is 4.50. The molecule has 2 heterocycles. The summed E-state index contributed by atoms with van der Waals surface area (Å²) in [6, 6.07) is 18.0. The Morgan fingerprint density at radius 3 is 2.14 bits per heavy atom. The van der Waals surface area contributed by atoms with Crippen molar-refractivity contribution in [3.8, 4) is 5.69 Å². The molecule has 8 nitrogen and oxygen atoms in total. The first-order chi connectivity index (χ1) is 16.7. The van der Waals surface area contributed by atoms with Crippen molar-refractivity contribution in [3.05, 3.63) is 77.6 Å². The number of para-hydroxylation sites is 1. The van der Waals surface area contributed by atoms with E-state index in [1.165, 1.54) is 23.4 Å². The lowest BCUT2D eigenvalue weighted by atomic mass is 10.1. The SMILES string of the molecule is CC(=O)Nc1ccc(S(=O)(=O)N2CCN(CC(=O)c3cc(C)n(-c4ccccc4)c3C)CC2)cc1. The molecule has 1 saturated heterocycles. The van der Waals surface area contributed by atoms with Gasteiger partial charge < -0.3 is 9.88 Å². The van der Waals surface area contributed by atoms with Crippen molar-refractivity contribution in [2.24, 2.45) is 0 Å². The zero-order chi connectivity index (χ0) is 25.2. The van der Waals surface area contributed by atoms with E-state index in [9.17, 15) is 18.0 Å². The number of rotatable bonds is 7. The summed E-state index contributed by atoms with van der Waals surface area (Å²) in [5.41, 5.74) is 4.16. The van der Waals surface area contributed by atoms with Crippen molar-refractivity contribution < 1.29 is 18.0 Å². The summed E-state index contributed by atoms with van der Waals surface area (Å²) < 4.78 is 29.6. The normalized spacial score (nSPS) is 15.2. The third-order valence-corrected chi connectivity index (χ3v) is 8.17. The second-order valence-electron chi connectivity index (χ2n) is 8.76. The Balaban J connectivity index is 1.39. The molecule has 0 spiro atoms. The number of ketones is 1. The summed E-state index contributed by atoms with van der Waals surface area (Å²) in [4.78, 5) is 26.5. The maximum atomic E-state index is 13.1. The van der Waals surface area contributed by atoms with Gasteiger partial charge in [-0.3, -0.25) is 14.5 Å². The molecule has 1 aliphatic rings. The molecule has 184 valence electrons. The van der Waals surface area contributed by atoms with Crippen LogP contribution in [0.4, 0.5) is 5.69 Å². The van der Waals surface area contributed by atoms with Crippen LogP contribution in [-0.2, 0) is 14.8 Å². The van der Waals surface area contributed by atoms with E-state index >= 15 is 0 Å². The Bertz CT molecular complexity index is 1320. The fraction of sp³-hybridized carbons (Fsp3) is 0.308. The summed E-state index contributed by atoms with van der Waals surface area (Å²) in [6.45, 7) is 7.17. The van der Waals surface area contributed by atoms with Crippen LogP contribution in [0, 0.1) is 13.8 Å². The lowest BCUT2D eigenvalue weighted by molar-refractivity contribution is -0.114. The topological polar surface area (TPSA) is 91.7 Å². The van der Waals surface area contributed by atoms with Crippen LogP contribution < -0.4 is 5.32 Å². The third kappa shape index (κ3) is 5.37. The van der Waals surface area contributed by atoms with Crippen LogP contribution in [0.25, 0.3) is 5.69 Å². The van der Waals surface area contributed by atoms with Crippen LogP contribution >= 0.6 is 0 Å². The number of sulfonamides is 1. The third-order valence-electron chi connectivity index (χ3n) is 6.26.